The van der Waals surface area contributed by atoms with Gasteiger partial charge in [0.15, 0.2) is 10.8 Å². The van der Waals surface area contributed by atoms with Crippen LogP contribution in [0.25, 0.3) is 22.0 Å². The van der Waals surface area contributed by atoms with E-state index in [1.807, 2.05) is 30.3 Å². The second kappa shape index (κ2) is 7.85. The summed E-state index contributed by atoms with van der Waals surface area (Å²) < 4.78 is 5.40. The van der Waals surface area contributed by atoms with Crippen molar-refractivity contribution in [3.8, 4) is 22.0 Å². The molecule has 8 heteroatoms. The molecule has 1 aromatic carbocycles. The van der Waals surface area contributed by atoms with Gasteiger partial charge in [-0.05, 0) is 24.3 Å². The number of carbonyl (C=O) groups is 2. The van der Waals surface area contributed by atoms with Gasteiger partial charge in [0, 0.05) is 18.0 Å². The summed E-state index contributed by atoms with van der Waals surface area (Å²) >= 11 is 1.19. The molecule has 0 saturated carbocycles. The summed E-state index contributed by atoms with van der Waals surface area (Å²) in [6.07, 6.45) is 4.53. The zero-order valence-electron chi connectivity index (χ0n) is 14.5. The van der Waals surface area contributed by atoms with Crippen molar-refractivity contribution in [2.45, 2.75) is 0 Å². The van der Waals surface area contributed by atoms with Crippen LogP contribution >= 0.6 is 11.3 Å². The molecule has 0 fully saturated rings. The summed E-state index contributed by atoms with van der Waals surface area (Å²) in [5, 5.41) is 0.576. The number of furan rings is 1. The summed E-state index contributed by atoms with van der Waals surface area (Å²) in [6.45, 7) is 0. The normalized spacial score (nSPS) is 10.4. The van der Waals surface area contributed by atoms with Crippen LogP contribution < -0.4 is 10.9 Å². The molecule has 3 heterocycles. The molecule has 0 bridgehead atoms. The van der Waals surface area contributed by atoms with Gasteiger partial charge >= 0.3 is 0 Å². The number of carbonyl (C=O) groups excluding carboxylic acids is 2. The van der Waals surface area contributed by atoms with Gasteiger partial charge in [-0.2, -0.15) is 0 Å². The smallest absolute Gasteiger partial charge is 0.282 e. The van der Waals surface area contributed by atoms with E-state index in [1.165, 1.54) is 17.5 Å². The summed E-state index contributed by atoms with van der Waals surface area (Å²) in [5.41, 5.74) is 6.49. The van der Waals surface area contributed by atoms with E-state index in [-0.39, 0.29) is 0 Å². The van der Waals surface area contributed by atoms with Gasteiger partial charge in [-0.3, -0.25) is 25.4 Å². The zero-order valence-corrected chi connectivity index (χ0v) is 15.3. The first kappa shape index (κ1) is 17.6. The fraction of sp³-hybridized carbons (Fsp3) is 0. The van der Waals surface area contributed by atoms with Crippen molar-refractivity contribution in [3.63, 3.8) is 0 Å². The minimum absolute atomic E-state index is 0.340. The molecule has 0 spiro atoms. The highest BCUT2D eigenvalue weighted by Gasteiger charge is 2.21. The van der Waals surface area contributed by atoms with E-state index < -0.39 is 11.8 Å². The quantitative estimate of drug-likeness (QED) is 0.520. The van der Waals surface area contributed by atoms with E-state index in [9.17, 15) is 9.59 Å². The molecular weight excluding hydrogens is 376 g/mol. The van der Waals surface area contributed by atoms with Crippen LogP contribution in [0.5, 0.6) is 0 Å². The molecule has 4 rings (SSSR count). The first-order valence-electron chi connectivity index (χ1n) is 8.33. The van der Waals surface area contributed by atoms with Crippen molar-refractivity contribution >= 4 is 23.2 Å². The van der Waals surface area contributed by atoms with Gasteiger partial charge in [-0.1, -0.05) is 30.3 Å². The first-order valence-corrected chi connectivity index (χ1v) is 9.15. The third-order valence-electron chi connectivity index (χ3n) is 3.83. The summed E-state index contributed by atoms with van der Waals surface area (Å²) in [7, 11) is 0. The van der Waals surface area contributed by atoms with Crippen LogP contribution in [0.15, 0.2) is 77.7 Å². The Morgan fingerprint density at radius 2 is 1.75 bits per heavy atom. The highest BCUT2D eigenvalue weighted by atomic mass is 32.1. The molecule has 0 unspecified atom stereocenters. The maximum atomic E-state index is 12.8. The van der Waals surface area contributed by atoms with E-state index in [2.05, 4.69) is 20.8 Å². The number of aromatic nitrogens is 2. The zero-order chi connectivity index (χ0) is 19.3. The molecule has 0 aliphatic heterocycles. The van der Waals surface area contributed by atoms with Gasteiger partial charge in [0.1, 0.15) is 4.88 Å². The minimum atomic E-state index is -0.466. The Balaban J connectivity index is 1.60. The second-order valence-corrected chi connectivity index (χ2v) is 6.69. The fourth-order valence-corrected chi connectivity index (χ4v) is 3.46. The van der Waals surface area contributed by atoms with Gasteiger partial charge in [-0.25, -0.2) is 4.98 Å². The molecule has 2 N–H and O–H groups in total. The third-order valence-corrected chi connectivity index (χ3v) is 4.89. The fourth-order valence-electron chi connectivity index (χ4n) is 2.51. The number of amides is 2. The molecule has 0 aliphatic rings. The standard InChI is InChI=1S/C20H14N4O3S/c25-18(14-8-4-10-21-12-14)23-24-19(26)17-16(13-6-2-1-3-7-13)22-20(28-17)15-9-5-11-27-15/h1-12H,(H,23,25)(H,24,26). The van der Waals surface area contributed by atoms with E-state index >= 15 is 0 Å². The number of rotatable bonds is 4. The molecule has 2 amide bonds. The van der Waals surface area contributed by atoms with E-state index in [1.54, 1.807) is 36.7 Å². The number of hydrogen-bond donors (Lipinski definition) is 2. The molecule has 4 aromatic rings. The van der Waals surface area contributed by atoms with Crippen LogP contribution in [-0.4, -0.2) is 21.8 Å². The predicted octanol–water partition coefficient (Wildman–Crippen LogP) is 3.54. The van der Waals surface area contributed by atoms with Gasteiger partial charge in [0.05, 0.1) is 17.5 Å². The van der Waals surface area contributed by atoms with E-state index in [4.69, 9.17) is 4.42 Å². The third kappa shape index (κ3) is 3.67. The molecule has 0 saturated heterocycles. The van der Waals surface area contributed by atoms with Crippen LogP contribution in [-0.2, 0) is 0 Å². The second-order valence-electron chi connectivity index (χ2n) is 5.69. The predicted molar refractivity (Wildman–Crippen MR) is 104 cm³/mol. The highest BCUT2D eigenvalue weighted by Crippen LogP contribution is 2.33. The van der Waals surface area contributed by atoms with Crippen LogP contribution in [0.2, 0.25) is 0 Å². The van der Waals surface area contributed by atoms with Crippen molar-refractivity contribution in [2.75, 3.05) is 0 Å². The molecule has 28 heavy (non-hydrogen) atoms. The molecular formula is C20H14N4O3S. The number of pyridine rings is 1. The SMILES string of the molecule is O=C(NNC(=O)c1sc(-c2ccco2)nc1-c1ccccc1)c1cccnc1. The molecule has 0 atom stereocenters. The number of thiazole rings is 1. The number of hydrazine groups is 1. The Labute approximate surface area is 164 Å². The lowest BCUT2D eigenvalue weighted by Crippen LogP contribution is -2.41. The molecule has 3 aromatic heterocycles. The van der Waals surface area contributed by atoms with Gasteiger partial charge in [0.25, 0.3) is 11.8 Å². The monoisotopic (exact) mass is 390 g/mol. The van der Waals surface area contributed by atoms with Crippen molar-refractivity contribution < 1.29 is 14.0 Å². The summed E-state index contributed by atoms with van der Waals surface area (Å²) in [4.78, 5) is 33.7. The van der Waals surface area contributed by atoms with Crippen molar-refractivity contribution in [2.24, 2.45) is 0 Å². The average molecular weight is 390 g/mol. The maximum absolute atomic E-state index is 12.8. The van der Waals surface area contributed by atoms with Crippen molar-refractivity contribution in [1.29, 1.82) is 0 Å². The van der Waals surface area contributed by atoms with Crippen LogP contribution in [0.4, 0.5) is 0 Å². The van der Waals surface area contributed by atoms with Crippen LogP contribution in [0.1, 0.15) is 20.0 Å². The first-order chi connectivity index (χ1) is 13.7. The lowest BCUT2D eigenvalue weighted by Gasteiger charge is -2.07. The topological polar surface area (TPSA) is 97.1 Å². The Morgan fingerprint density at radius 1 is 0.929 bits per heavy atom. The Hall–Kier alpha value is -3.78. The number of hydrogen-bond acceptors (Lipinski definition) is 6. The van der Waals surface area contributed by atoms with Crippen molar-refractivity contribution in [3.05, 3.63) is 83.7 Å². The van der Waals surface area contributed by atoms with E-state index in [0.29, 0.717) is 26.9 Å². The summed E-state index contributed by atoms with van der Waals surface area (Å²) in [5.74, 6) is -0.356. The molecule has 0 radical (unpaired) electrons. The van der Waals surface area contributed by atoms with Crippen molar-refractivity contribution in [1.82, 2.24) is 20.8 Å². The Morgan fingerprint density at radius 3 is 2.46 bits per heavy atom. The van der Waals surface area contributed by atoms with E-state index in [0.717, 1.165) is 5.56 Å². The van der Waals surface area contributed by atoms with Gasteiger partial charge in [0.2, 0.25) is 0 Å². The Kier molecular flexibility index (Phi) is 4.94. The highest BCUT2D eigenvalue weighted by molar-refractivity contribution is 7.17. The maximum Gasteiger partial charge on any atom is 0.282 e. The number of nitrogens with zero attached hydrogens (tertiary/aromatic N) is 2. The largest absolute Gasteiger partial charge is 0.462 e. The minimum Gasteiger partial charge on any atom is -0.462 e. The van der Waals surface area contributed by atoms with Gasteiger partial charge < -0.3 is 4.42 Å². The average Bonchev–Trinajstić information content (AvgIpc) is 3.43. The summed E-state index contributed by atoms with van der Waals surface area (Å²) in [6, 6.07) is 16.1. The molecule has 138 valence electrons. The molecule has 0 aliphatic carbocycles. The van der Waals surface area contributed by atoms with Crippen LogP contribution in [0.3, 0.4) is 0 Å². The number of nitrogens with one attached hydrogen (secondary N) is 2. The number of benzene rings is 1. The van der Waals surface area contributed by atoms with Gasteiger partial charge in [-0.15, -0.1) is 11.3 Å². The van der Waals surface area contributed by atoms with Crippen LogP contribution in [0, 0.1) is 0 Å². The molecule has 7 nitrogen and oxygen atoms in total. The Bertz CT molecular complexity index is 1090. The lowest BCUT2D eigenvalue weighted by atomic mass is 10.1. The lowest BCUT2D eigenvalue weighted by molar-refractivity contribution is 0.0849.